The zero-order valence-electron chi connectivity index (χ0n) is 29.1. The molecule has 0 bridgehead atoms. The third-order valence-corrected chi connectivity index (χ3v) is 6.81. The Labute approximate surface area is 210 Å². The highest BCUT2D eigenvalue weighted by molar-refractivity contribution is 6.11. The Morgan fingerprint density at radius 2 is 1.94 bits per heavy atom. The van der Waals surface area contributed by atoms with Crippen LogP contribution in [0.4, 0.5) is 0 Å². The van der Waals surface area contributed by atoms with Crippen molar-refractivity contribution in [3.05, 3.63) is 64.3 Å². The zero-order chi connectivity index (χ0) is 31.9. The molecule has 3 nitrogen and oxygen atoms in total. The van der Waals surface area contributed by atoms with Gasteiger partial charge in [0.2, 0.25) is 5.69 Å². The minimum Gasteiger partial charge on any atom is -0.454 e. The van der Waals surface area contributed by atoms with Crippen LogP contribution in [0.2, 0.25) is 0 Å². The van der Waals surface area contributed by atoms with Crippen molar-refractivity contribution in [1.82, 2.24) is 0 Å². The Hall–Kier alpha value is -3.12. The first-order valence-corrected chi connectivity index (χ1v) is 11.3. The fraction of sp³-hybridized carbons (Fsp3) is 0.400. The van der Waals surface area contributed by atoms with Gasteiger partial charge in [-0.05, 0) is 60.4 Å². The minimum absolute atomic E-state index is 0.0961. The van der Waals surface area contributed by atoms with Crippen LogP contribution in [-0.2, 0) is 7.05 Å². The molecule has 0 amide bonds. The maximum atomic E-state index is 10.1. The third kappa shape index (κ3) is 3.62. The molecule has 1 aliphatic rings. The molecule has 2 aromatic heterocycles. The van der Waals surface area contributed by atoms with E-state index in [1.54, 1.807) is 26.1 Å². The Morgan fingerprint density at radius 1 is 1.15 bits per heavy atom. The third-order valence-electron chi connectivity index (χ3n) is 6.81. The first-order chi connectivity index (χ1) is 19.9. The first kappa shape index (κ1) is 12.9. The van der Waals surface area contributed by atoms with Crippen LogP contribution in [0.1, 0.15) is 99.3 Å². The summed E-state index contributed by atoms with van der Waals surface area (Å²) < 4.78 is 91.9. The molecule has 0 radical (unpaired) electrons. The molecule has 0 N–H and O–H groups in total. The van der Waals surface area contributed by atoms with Gasteiger partial charge in [-0.15, -0.1) is 0 Å². The van der Waals surface area contributed by atoms with Gasteiger partial charge < -0.3 is 4.42 Å². The topological polar surface area (TPSA) is 40.8 Å². The number of aromatic nitrogens is 1. The molecule has 1 saturated carbocycles. The second kappa shape index (κ2) is 8.34. The fourth-order valence-electron chi connectivity index (χ4n) is 4.91. The van der Waals surface area contributed by atoms with Crippen molar-refractivity contribution in [3.63, 3.8) is 0 Å². The van der Waals surface area contributed by atoms with Gasteiger partial charge in [-0.3, -0.25) is 0 Å². The van der Waals surface area contributed by atoms with Gasteiger partial charge in [-0.25, -0.2) is 0 Å². The number of benzene rings is 2. The van der Waals surface area contributed by atoms with Crippen molar-refractivity contribution < 1.29 is 22.7 Å². The van der Waals surface area contributed by atoms with E-state index in [2.05, 4.69) is 6.07 Å². The lowest BCUT2D eigenvalue weighted by Crippen LogP contribution is -2.35. The van der Waals surface area contributed by atoms with Crippen LogP contribution in [0.25, 0.3) is 33.2 Å². The molecular formula is C30H33N2O+. The minimum atomic E-state index is -3.38. The molecule has 5 rings (SSSR count). The van der Waals surface area contributed by atoms with Crippen LogP contribution in [0.5, 0.6) is 0 Å². The van der Waals surface area contributed by atoms with Crippen LogP contribution in [0.15, 0.2) is 40.8 Å². The van der Waals surface area contributed by atoms with Crippen molar-refractivity contribution in [2.75, 3.05) is 0 Å². The predicted octanol–water partition coefficient (Wildman–Crippen LogP) is 7.74. The summed E-state index contributed by atoms with van der Waals surface area (Å²) in [5, 5.41) is 11.3. The van der Waals surface area contributed by atoms with Crippen LogP contribution in [-0.4, -0.2) is 0 Å². The summed E-state index contributed by atoms with van der Waals surface area (Å²) in [6.07, 6.45) is 4.30. The average molecular weight is 448 g/mol. The van der Waals surface area contributed by atoms with Gasteiger partial charge in [0.1, 0.15) is 18.7 Å². The fourth-order valence-corrected chi connectivity index (χ4v) is 4.91. The molecule has 2 heterocycles. The van der Waals surface area contributed by atoms with E-state index in [0.717, 1.165) is 24.8 Å². The summed E-state index contributed by atoms with van der Waals surface area (Å²) >= 11 is 0. The molecule has 1 aliphatic carbocycles. The molecule has 0 aliphatic heterocycles. The molecule has 0 atom stereocenters. The summed E-state index contributed by atoms with van der Waals surface area (Å²) in [6.45, 7) is -3.47. The highest BCUT2D eigenvalue weighted by atomic mass is 16.3. The summed E-state index contributed by atoms with van der Waals surface area (Å²) in [6, 6.07) is 8.38. The Kier molecular flexibility index (Phi) is 3.27. The summed E-state index contributed by atoms with van der Waals surface area (Å²) in [4.78, 5) is 0. The van der Waals surface area contributed by atoms with Crippen LogP contribution >= 0.6 is 0 Å². The zero-order valence-corrected chi connectivity index (χ0v) is 19.1. The molecule has 3 heteroatoms. The van der Waals surface area contributed by atoms with E-state index in [1.807, 2.05) is 12.1 Å². The van der Waals surface area contributed by atoms with Gasteiger partial charge in [0.05, 0.1) is 13.9 Å². The standard InChI is InChI=1S/C30H33N2O/c1-18(2)22-13-20(4)32(5)27(16-22)28-19(3)11-12-25-26-15-23(21-9-7-6-8-10-21)14-24(17-31)29(26)33-30(25)28/h11-16,18,21H,6-10H2,1-5H3/q+1/i1D3,2D3,13D,16D,18D,21D. The Morgan fingerprint density at radius 3 is 2.67 bits per heavy atom. The van der Waals surface area contributed by atoms with E-state index < -0.39 is 43.1 Å². The molecular weight excluding hydrogens is 404 g/mol. The van der Waals surface area contributed by atoms with E-state index in [9.17, 15) is 6.63 Å². The maximum absolute atomic E-state index is 10.1. The number of nitriles is 1. The number of fused-ring (bicyclic) bond motifs is 3. The summed E-state index contributed by atoms with van der Waals surface area (Å²) in [5.41, 5.74) is 2.18. The number of furan rings is 1. The van der Waals surface area contributed by atoms with E-state index in [4.69, 9.17) is 16.8 Å². The first-order valence-electron chi connectivity index (χ1n) is 16.3. The average Bonchev–Trinajstić information content (AvgIpc) is 3.30. The van der Waals surface area contributed by atoms with Gasteiger partial charge in [0, 0.05) is 40.7 Å². The molecule has 2 aromatic carbocycles. The highest BCUT2D eigenvalue weighted by Gasteiger charge is 2.25. The summed E-state index contributed by atoms with van der Waals surface area (Å²) in [7, 11) is 1.59. The van der Waals surface area contributed by atoms with Gasteiger partial charge in [-0.2, -0.15) is 9.83 Å². The maximum Gasteiger partial charge on any atom is 0.216 e. The lowest BCUT2D eigenvalue weighted by Gasteiger charge is -2.22. The van der Waals surface area contributed by atoms with Crippen LogP contribution in [0.3, 0.4) is 0 Å². The number of hydrogen-bond donors (Lipinski definition) is 0. The molecule has 0 spiro atoms. The van der Waals surface area contributed by atoms with Crippen molar-refractivity contribution in [2.45, 2.75) is 71.4 Å². The van der Waals surface area contributed by atoms with Gasteiger partial charge in [0.25, 0.3) is 0 Å². The smallest absolute Gasteiger partial charge is 0.216 e. The SMILES string of the molecule is [2H]c1c(C([2H])(C([2H])([2H])[2H])C([2H])([2H])[2H])c([2H])c(-c2c(C)ccc3c2oc2c(C#N)cc(C4([2H])CCCCC4)cc23)[n+](C)c1C. The van der Waals surface area contributed by atoms with Crippen LogP contribution < -0.4 is 4.57 Å². The number of nitrogens with zero attached hydrogens (tertiary/aromatic N) is 2. The van der Waals surface area contributed by atoms with Gasteiger partial charge in [-0.1, -0.05) is 45.1 Å². The van der Waals surface area contributed by atoms with E-state index in [1.165, 1.54) is 11.5 Å². The molecule has 0 saturated heterocycles. The van der Waals surface area contributed by atoms with E-state index in [0.29, 0.717) is 45.9 Å². The van der Waals surface area contributed by atoms with E-state index >= 15 is 0 Å². The molecule has 0 unspecified atom stereocenters. The quantitative estimate of drug-likeness (QED) is 0.301. The number of aryl methyl sites for hydroxylation is 1. The normalized spacial score (nSPS) is 21.4. The highest BCUT2D eigenvalue weighted by Crippen LogP contribution is 2.41. The molecule has 4 aromatic rings. The second-order valence-corrected chi connectivity index (χ2v) is 8.91. The molecule has 1 fully saturated rings. The van der Waals surface area contributed by atoms with Crippen molar-refractivity contribution in [3.8, 4) is 17.3 Å². The second-order valence-electron chi connectivity index (χ2n) is 8.91. The number of pyridine rings is 1. The number of rotatable bonds is 3. The van der Waals surface area contributed by atoms with Crippen LogP contribution in [0, 0.1) is 25.2 Å². The number of hydrogen-bond acceptors (Lipinski definition) is 2. The molecule has 168 valence electrons. The monoisotopic (exact) mass is 447 g/mol. The van der Waals surface area contributed by atoms with Crippen molar-refractivity contribution in [2.24, 2.45) is 7.05 Å². The lowest BCUT2D eigenvalue weighted by atomic mass is 9.83. The van der Waals surface area contributed by atoms with Crippen molar-refractivity contribution in [1.29, 1.82) is 5.26 Å². The van der Waals surface area contributed by atoms with Crippen molar-refractivity contribution >= 4 is 21.9 Å². The Balaban J connectivity index is 1.90. The molecule has 33 heavy (non-hydrogen) atoms. The van der Waals surface area contributed by atoms with E-state index in [-0.39, 0.29) is 17.0 Å². The largest absolute Gasteiger partial charge is 0.454 e. The van der Waals surface area contributed by atoms with Gasteiger partial charge >= 0.3 is 0 Å². The summed E-state index contributed by atoms with van der Waals surface area (Å²) in [5.74, 6) is -4.07. The van der Waals surface area contributed by atoms with Gasteiger partial charge in [0.15, 0.2) is 11.3 Å². The Bertz CT molecular complexity index is 1810. The predicted molar refractivity (Wildman–Crippen MR) is 134 cm³/mol. The lowest BCUT2D eigenvalue weighted by molar-refractivity contribution is -0.666.